The highest BCUT2D eigenvalue weighted by atomic mass is 16.5. The predicted octanol–water partition coefficient (Wildman–Crippen LogP) is 1.28. The third kappa shape index (κ3) is 4.13. The van der Waals surface area contributed by atoms with Crippen molar-refractivity contribution in [3.05, 3.63) is 24.3 Å². The van der Waals surface area contributed by atoms with Crippen LogP contribution in [0, 0.1) is 0 Å². The minimum Gasteiger partial charge on any atom is -0.484 e. The van der Waals surface area contributed by atoms with E-state index in [2.05, 4.69) is 0 Å². The zero-order valence-electron chi connectivity index (χ0n) is 11.2. The van der Waals surface area contributed by atoms with Gasteiger partial charge in [-0.05, 0) is 25.0 Å². The number of amides is 1. The van der Waals surface area contributed by atoms with Crippen molar-refractivity contribution in [2.75, 3.05) is 32.5 Å². The molecule has 1 aliphatic rings. The maximum atomic E-state index is 11.9. The number of likely N-dealkylation sites (N-methyl/N-ethyl adjacent to an activating group) is 1. The third-order valence-corrected chi connectivity index (χ3v) is 3.15. The van der Waals surface area contributed by atoms with Crippen molar-refractivity contribution in [1.29, 1.82) is 0 Å². The summed E-state index contributed by atoms with van der Waals surface area (Å²) in [5, 5.41) is 0. The number of hydrogen-bond acceptors (Lipinski definition) is 4. The van der Waals surface area contributed by atoms with Crippen LogP contribution in [0.15, 0.2) is 24.3 Å². The van der Waals surface area contributed by atoms with Gasteiger partial charge in [0.25, 0.3) is 5.91 Å². The van der Waals surface area contributed by atoms with Gasteiger partial charge in [0.1, 0.15) is 5.75 Å². The van der Waals surface area contributed by atoms with E-state index in [4.69, 9.17) is 15.2 Å². The molecule has 5 nitrogen and oxygen atoms in total. The van der Waals surface area contributed by atoms with Crippen molar-refractivity contribution in [2.45, 2.75) is 18.9 Å². The molecule has 0 aliphatic carbocycles. The first-order valence-corrected chi connectivity index (χ1v) is 6.49. The van der Waals surface area contributed by atoms with E-state index < -0.39 is 0 Å². The van der Waals surface area contributed by atoms with Crippen LogP contribution in [0.2, 0.25) is 0 Å². The lowest BCUT2D eigenvalue weighted by Gasteiger charge is -2.20. The largest absolute Gasteiger partial charge is 0.484 e. The fraction of sp³-hybridized carbons (Fsp3) is 0.500. The number of ether oxygens (including phenoxy) is 2. The Labute approximate surface area is 113 Å². The Morgan fingerprint density at radius 3 is 3.11 bits per heavy atom. The van der Waals surface area contributed by atoms with Gasteiger partial charge in [0.2, 0.25) is 0 Å². The van der Waals surface area contributed by atoms with Crippen LogP contribution in [0.1, 0.15) is 12.8 Å². The normalized spacial score (nSPS) is 18.3. The monoisotopic (exact) mass is 264 g/mol. The van der Waals surface area contributed by atoms with Gasteiger partial charge in [0.05, 0.1) is 6.10 Å². The van der Waals surface area contributed by atoms with Crippen LogP contribution < -0.4 is 10.5 Å². The van der Waals surface area contributed by atoms with Gasteiger partial charge in [-0.1, -0.05) is 6.07 Å². The van der Waals surface area contributed by atoms with Crippen LogP contribution in [0.3, 0.4) is 0 Å². The lowest BCUT2D eigenvalue weighted by atomic mass is 10.2. The molecular weight excluding hydrogens is 244 g/mol. The number of benzene rings is 1. The second kappa shape index (κ2) is 6.43. The number of nitrogens with zero attached hydrogens (tertiary/aromatic N) is 1. The van der Waals surface area contributed by atoms with Crippen molar-refractivity contribution >= 4 is 11.6 Å². The van der Waals surface area contributed by atoms with Gasteiger partial charge >= 0.3 is 0 Å². The number of anilines is 1. The van der Waals surface area contributed by atoms with Crippen LogP contribution in [0.25, 0.3) is 0 Å². The maximum Gasteiger partial charge on any atom is 0.260 e. The van der Waals surface area contributed by atoms with Crippen LogP contribution in [-0.2, 0) is 9.53 Å². The summed E-state index contributed by atoms with van der Waals surface area (Å²) < 4.78 is 10.9. The molecule has 0 spiro atoms. The molecule has 0 bridgehead atoms. The van der Waals surface area contributed by atoms with Gasteiger partial charge < -0.3 is 20.1 Å². The summed E-state index contributed by atoms with van der Waals surface area (Å²) in [6.45, 7) is 1.44. The van der Waals surface area contributed by atoms with E-state index in [-0.39, 0.29) is 18.6 Å². The van der Waals surface area contributed by atoms with E-state index in [9.17, 15) is 4.79 Å². The van der Waals surface area contributed by atoms with Gasteiger partial charge in [-0.2, -0.15) is 0 Å². The number of hydrogen-bond donors (Lipinski definition) is 1. The van der Waals surface area contributed by atoms with Crippen LogP contribution >= 0.6 is 0 Å². The average Bonchev–Trinajstić information content (AvgIpc) is 2.89. The Hall–Kier alpha value is -1.75. The summed E-state index contributed by atoms with van der Waals surface area (Å²) in [4.78, 5) is 13.6. The molecule has 5 heteroatoms. The summed E-state index contributed by atoms with van der Waals surface area (Å²) in [6.07, 6.45) is 2.27. The molecule has 0 saturated carbocycles. The number of carbonyl (C=O) groups is 1. The van der Waals surface area contributed by atoms with Crippen molar-refractivity contribution in [3.8, 4) is 5.75 Å². The van der Waals surface area contributed by atoms with Crippen molar-refractivity contribution in [2.24, 2.45) is 0 Å². The molecule has 1 amide bonds. The van der Waals surface area contributed by atoms with Gasteiger partial charge in [-0.25, -0.2) is 0 Å². The van der Waals surface area contributed by atoms with Crippen LogP contribution in [0.5, 0.6) is 5.75 Å². The summed E-state index contributed by atoms with van der Waals surface area (Å²) in [6, 6.07) is 7.06. The molecule has 1 aliphatic heterocycles. The Morgan fingerprint density at radius 2 is 2.42 bits per heavy atom. The molecule has 1 atom stereocenters. The van der Waals surface area contributed by atoms with Gasteiger partial charge in [0, 0.05) is 32.0 Å². The Morgan fingerprint density at radius 1 is 1.58 bits per heavy atom. The highest BCUT2D eigenvalue weighted by Crippen LogP contribution is 2.15. The highest BCUT2D eigenvalue weighted by molar-refractivity contribution is 5.77. The Kier molecular flexibility index (Phi) is 4.63. The molecular formula is C14H20N2O3. The summed E-state index contributed by atoms with van der Waals surface area (Å²) >= 11 is 0. The van der Waals surface area contributed by atoms with Gasteiger partial charge in [-0.3, -0.25) is 4.79 Å². The number of carbonyl (C=O) groups excluding carboxylic acids is 1. The second-order valence-electron chi connectivity index (χ2n) is 4.77. The highest BCUT2D eigenvalue weighted by Gasteiger charge is 2.20. The maximum absolute atomic E-state index is 11.9. The predicted molar refractivity (Wildman–Crippen MR) is 73.0 cm³/mol. The molecule has 1 aromatic carbocycles. The fourth-order valence-electron chi connectivity index (χ4n) is 2.06. The van der Waals surface area contributed by atoms with Crippen LogP contribution in [-0.4, -0.2) is 43.7 Å². The number of nitrogens with two attached hydrogens (primary N) is 1. The molecule has 1 fully saturated rings. The van der Waals surface area contributed by atoms with Gasteiger partial charge in [0.15, 0.2) is 6.61 Å². The second-order valence-corrected chi connectivity index (χ2v) is 4.77. The zero-order chi connectivity index (χ0) is 13.7. The minimum absolute atomic E-state index is 0.0205. The molecule has 1 saturated heterocycles. The first-order valence-electron chi connectivity index (χ1n) is 6.49. The molecule has 2 rings (SSSR count). The van der Waals surface area contributed by atoms with E-state index in [1.807, 2.05) is 0 Å². The quantitative estimate of drug-likeness (QED) is 0.814. The molecule has 1 heterocycles. The smallest absolute Gasteiger partial charge is 0.260 e. The minimum atomic E-state index is -0.0575. The fourth-order valence-corrected chi connectivity index (χ4v) is 2.06. The molecule has 104 valence electrons. The van der Waals surface area contributed by atoms with E-state index in [1.165, 1.54) is 0 Å². The number of rotatable bonds is 5. The Balaban J connectivity index is 1.76. The summed E-state index contributed by atoms with van der Waals surface area (Å²) in [5.74, 6) is 0.553. The van der Waals surface area contributed by atoms with E-state index in [1.54, 1.807) is 36.2 Å². The third-order valence-electron chi connectivity index (χ3n) is 3.15. The molecule has 0 aromatic heterocycles. The first-order chi connectivity index (χ1) is 9.15. The zero-order valence-corrected chi connectivity index (χ0v) is 11.2. The number of nitrogen functional groups attached to an aromatic ring is 1. The van der Waals surface area contributed by atoms with Gasteiger partial charge in [-0.15, -0.1) is 0 Å². The molecule has 1 aromatic rings. The topological polar surface area (TPSA) is 64.8 Å². The van der Waals surface area contributed by atoms with Crippen LogP contribution in [0.4, 0.5) is 5.69 Å². The van der Waals surface area contributed by atoms with E-state index in [0.717, 1.165) is 19.4 Å². The average molecular weight is 264 g/mol. The molecule has 0 radical (unpaired) electrons. The molecule has 19 heavy (non-hydrogen) atoms. The summed E-state index contributed by atoms with van der Waals surface area (Å²) in [5.41, 5.74) is 6.26. The van der Waals surface area contributed by atoms with E-state index >= 15 is 0 Å². The molecule has 1 unspecified atom stereocenters. The molecule has 2 N–H and O–H groups in total. The van der Waals surface area contributed by atoms with Crippen molar-refractivity contribution in [3.63, 3.8) is 0 Å². The summed E-state index contributed by atoms with van der Waals surface area (Å²) in [7, 11) is 1.77. The lowest BCUT2D eigenvalue weighted by molar-refractivity contribution is -0.133. The SMILES string of the molecule is CN(CC1CCCO1)C(=O)COc1cccc(N)c1. The Bertz CT molecular complexity index is 430. The van der Waals surface area contributed by atoms with E-state index in [0.29, 0.717) is 18.0 Å². The standard InChI is InChI=1S/C14H20N2O3/c1-16(9-13-6-3-7-18-13)14(17)10-19-12-5-2-4-11(15)8-12/h2,4-5,8,13H,3,6-7,9-10,15H2,1H3. The van der Waals surface area contributed by atoms with Crippen molar-refractivity contribution < 1.29 is 14.3 Å². The van der Waals surface area contributed by atoms with Crippen molar-refractivity contribution in [1.82, 2.24) is 4.90 Å². The lowest BCUT2D eigenvalue weighted by Crippen LogP contribution is -2.37. The first kappa shape index (κ1) is 13.7.